The fourth-order valence-electron chi connectivity index (χ4n) is 2.78. The highest BCUT2D eigenvalue weighted by molar-refractivity contribution is 7.89. The summed E-state index contributed by atoms with van der Waals surface area (Å²) in [6.45, 7) is 3.39. The number of halogens is 1. The predicted molar refractivity (Wildman–Crippen MR) is 101 cm³/mol. The van der Waals surface area contributed by atoms with Crippen molar-refractivity contribution in [2.24, 2.45) is 0 Å². The molecule has 0 fully saturated rings. The topological polar surface area (TPSA) is 72.5 Å². The average molecular weight is 392 g/mol. The molecule has 1 N–H and O–H groups in total. The Morgan fingerprint density at radius 2 is 1.73 bits per heavy atom. The van der Waals surface area contributed by atoms with Gasteiger partial charge in [0.25, 0.3) is 0 Å². The number of carbonyl (C=O) groups is 1. The van der Waals surface area contributed by atoms with Gasteiger partial charge in [-0.05, 0) is 44.7 Å². The second-order valence-electron chi connectivity index (χ2n) is 6.36. The Hall–Kier alpha value is -2.15. The van der Waals surface area contributed by atoms with E-state index in [1.54, 1.807) is 19.9 Å². The van der Waals surface area contributed by atoms with E-state index in [0.29, 0.717) is 16.9 Å². The molecule has 26 heavy (non-hydrogen) atoms. The second-order valence-corrected chi connectivity index (χ2v) is 8.65. The summed E-state index contributed by atoms with van der Waals surface area (Å²) in [4.78, 5) is 12.9. The highest BCUT2D eigenvalue weighted by atomic mass is 35.5. The number of carbonyl (C=O) groups excluding carboxylic acids is 1. The maximum atomic E-state index is 12.9. The van der Waals surface area contributed by atoms with Crippen molar-refractivity contribution in [2.45, 2.75) is 24.3 Å². The van der Waals surface area contributed by atoms with Crippen LogP contribution < -0.4 is 4.72 Å². The molecule has 1 heterocycles. The number of hydrogen-bond donors (Lipinski definition) is 1. The van der Waals surface area contributed by atoms with Gasteiger partial charge < -0.3 is 4.74 Å². The summed E-state index contributed by atoms with van der Waals surface area (Å²) in [5.41, 5.74) is 0.599. The fourth-order valence-corrected chi connectivity index (χ4v) is 3.87. The number of Topliss-reactive ketones (excluding diaryl/α,β-unsaturated/α-hetero) is 1. The first-order chi connectivity index (χ1) is 12.2. The van der Waals surface area contributed by atoms with Crippen molar-refractivity contribution in [1.82, 2.24) is 4.72 Å². The number of nitrogens with one attached hydrogen (secondary N) is 1. The second kappa shape index (κ2) is 6.54. The molecule has 0 aliphatic carbocycles. The molecule has 0 saturated carbocycles. The highest BCUT2D eigenvalue weighted by Crippen LogP contribution is 2.43. The van der Waals surface area contributed by atoms with Gasteiger partial charge in [-0.25, -0.2) is 13.1 Å². The molecule has 136 valence electrons. The first kappa shape index (κ1) is 18.6. The minimum absolute atomic E-state index is 0.0409. The van der Waals surface area contributed by atoms with E-state index >= 15 is 0 Å². The van der Waals surface area contributed by atoms with Crippen molar-refractivity contribution in [3.05, 3.63) is 64.7 Å². The van der Waals surface area contributed by atoms with Gasteiger partial charge in [-0.15, -0.1) is 0 Å². The molecule has 1 aliphatic heterocycles. The largest absolute Gasteiger partial charge is 0.478 e. The zero-order valence-electron chi connectivity index (χ0n) is 14.5. The Labute approximate surface area is 157 Å². The Kier molecular flexibility index (Phi) is 4.69. The molecule has 2 aromatic carbocycles. The van der Waals surface area contributed by atoms with Crippen molar-refractivity contribution in [3.8, 4) is 0 Å². The molecular formula is C19H18ClNO4S. The Morgan fingerprint density at radius 3 is 2.31 bits per heavy atom. The third-order valence-electron chi connectivity index (χ3n) is 4.18. The summed E-state index contributed by atoms with van der Waals surface area (Å²) in [7, 11) is -2.29. The van der Waals surface area contributed by atoms with Crippen LogP contribution in [0.5, 0.6) is 0 Å². The summed E-state index contributed by atoms with van der Waals surface area (Å²) < 4.78 is 32.1. The molecule has 0 amide bonds. The van der Waals surface area contributed by atoms with E-state index in [1.165, 1.54) is 19.2 Å². The number of ether oxygens (including phenoxy) is 1. The van der Waals surface area contributed by atoms with Crippen molar-refractivity contribution < 1.29 is 17.9 Å². The monoisotopic (exact) mass is 391 g/mol. The van der Waals surface area contributed by atoms with Gasteiger partial charge in [-0.3, -0.25) is 4.79 Å². The standard InChI is InChI=1S/C19H18ClNO4S/c1-19(2)18(22)16(12-7-5-4-6-8-12)17(25-19)14-10-9-13(11-15(14)20)26(23,24)21-3/h4-11,21H,1-3H3. The maximum Gasteiger partial charge on any atom is 0.240 e. The molecule has 2 aromatic rings. The van der Waals surface area contributed by atoms with Crippen LogP contribution >= 0.6 is 11.6 Å². The smallest absolute Gasteiger partial charge is 0.240 e. The number of rotatable bonds is 4. The molecule has 5 nitrogen and oxygen atoms in total. The summed E-state index contributed by atoms with van der Waals surface area (Å²) in [5.74, 6) is 0.200. The lowest BCUT2D eigenvalue weighted by atomic mass is 9.93. The van der Waals surface area contributed by atoms with Crippen LogP contribution in [0.1, 0.15) is 25.0 Å². The van der Waals surface area contributed by atoms with Gasteiger partial charge in [-0.2, -0.15) is 0 Å². The van der Waals surface area contributed by atoms with Gasteiger partial charge >= 0.3 is 0 Å². The Morgan fingerprint density at radius 1 is 1.08 bits per heavy atom. The average Bonchev–Trinajstić information content (AvgIpc) is 2.85. The van der Waals surface area contributed by atoms with E-state index in [0.717, 1.165) is 5.56 Å². The van der Waals surface area contributed by atoms with Crippen molar-refractivity contribution in [3.63, 3.8) is 0 Å². The lowest BCUT2D eigenvalue weighted by Crippen LogP contribution is -2.29. The molecule has 0 saturated heterocycles. The van der Waals surface area contributed by atoms with Crippen LogP contribution in [-0.2, 0) is 19.6 Å². The van der Waals surface area contributed by atoms with E-state index in [9.17, 15) is 13.2 Å². The Balaban J connectivity index is 2.20. The quantitative estimate of drug-likeness (QED) is 0.865. The van der Waals surface area contributed by atoms with Gasteiger partial charge in [0.15, 0.2) is 5.60 Å². The summed E-state index contributed by atoms with van der Waals surface area (Å²) in [6.07, 6.45) is 0. The molecule has 0 atom stereocenters. The third-order valence-corrected chi connectivity index (χ3v) is 5.91. The minimum Gasteiger partial charge on any atom is -0.478 e. The van der Waals surface area contributed by atoms with Gasteiger partial charge in [0.1, 0.15) is 5.76 Å². The zero-order valence-corrected chi connectivity index (χ0v) is 16.1. The normalized spacial score (nSPS) is 16.7. The number of sulfonamides is 1. The van der Waals surface area contributed by atoms with Gasteiger partial charge in [0.05, 0.1) is 15.5 Å². The third kappa shape index (κ3) is 3.16. The molecule has 7 heteroatoms. The lowest BCUT2D eigenvalue weighted by molar-refractivity contribution is -0.125. The SMILES string of the molecule is CNS(=O)(=O)c1ccc(C2=C(c3ccccc3)C(=O)C(C)(C)O2)c(Cl)c1. The first-order valence-electron chi connectivity index (χ1n) is 7.94. The summed E-state index contributed by atoms with van der Waals surface area (Å²) in [5, 5.41) is 0.190. The molecule has 1 aliphatic rings. The first-order valence-corrected chi connectivity index (χ1v) is 9.80. The van der Waals surface area contributed by atoms with Crippen molar-refractivity contribution in [2.75, 3.05) is 7.05 Å². The molecule has 0 unspecified atom stereocenters. The molecule has 0 aromatic heterocycles. The predicted octanol–water partition coefficient (Wildman–Crippen LogP) is 3.49. The molecule has 3 rings (SSSR count). The fraction of sp³-hybridized carbons (Fsp3) is 0.211. The van der Waals surface area contributed by atoms with E-state index in [4.69, 9.17) is 16.3 Å². The number of benzene rings is 2. The molecule has 0 spiro atoms. The lowest BCUT2D eigenvalue weighted by Gasteiger charge is -2.18. The van der Waals surface area contributed by atoms with E-state index in [-0.39, 0.29) is 15.7 Å². The van der Waals surface area contributed by atoms with E-state index < -0.39 is 15.6 Å². The van der Waals surface area contributed by atoms with Crippen molar-refractivity contribution >= 4 is 38.7 Å². The molecule has 0 radical (unpaired) electrons. The van der Waals surface area contributed by atoms with Crippen LogP contribution in [0.25, 0.3) is 11.3 Å². The van der Waals surface area contributed by atoms with Crippen LogP contribution in [0.3, 0.4) is 0 Å². The van der Waals surface area contributed by atoms with Gasteiger partial charge in [-0.1, -0.05) is 41.9 Å². The van der Waals surface area contributed by atoms with E-state index in [2.05, 4.69) is 4.72 Å². The maximum absolute atomic E-state index is 12.9. The van der Waals surface area contributed by atoms with Crippen LogP contribution in [0.15, 0.2) is 53.4 Å². The Bertz CT molecular complexity index is 1010. The minimum atomic E-state index is -3.62. The van der Waals surface area contributed by atoms with Gasteiger partial charge in [0.2, 0.25) is 15.8 Å². The van der Waals surface area contributed by atoms with E-state index in [1.807, 2.05) is 30.3 Å². The summed E-state index contributed by atoms with van der Waals surface area (Å²) >= 11 is 6.35. The van der Waals surface area contributed by atoms with Crippen LogP contribution in [0.4, 0.5) is 0 Å². The van der Waals surface area contributed by atoms with Crippen LogP contribution in [0.2, 0.25) is 5.02 Å². The van der Waals surface area contributed by atoms with Crippen LogP contribution in [0, 0.1) is 0 Å². The molecular weight excluding hydrogens is 374 g/mol. The van der Waals surface area contributed by atoms with Crippen LogP contribution in [-0.4, -0.2) is 26.8 Å². The summed E-state index contributed by atoms with van der Waals surface area (Å²) in [6, 6.07) is 13.5. The van der Waals surface area contributed by atoms with Crippen molar-refractivity contribution in [1.29, 1.82) is 0 Å². The highest BCUT2D eigenvalue weighted by Gasteiger charge is 2.43. The zero-order chi connectivity index (χ0) is 19.1. The number of ketones is 1. The van der Waals surface area contributed by atoms with Gasteiger partial charge in [0, 0.05) is 5.56 Å². The number of hydrogen-bond acceptors (Lipinski definition) is 4. The molecule has 0 bridgehead atoms.